The zero-order chi connectivity index (χ0) is 9.90. The number of Topliss-reactive ketones (excluding diaryl/α,β-unsaturated/α-hetero) is 1. The van der Waals surface area contributed by atoms with Crippen molar-refractivity contribution in [3.05, 3.63) is 35.9 Å². The first-order chi connectivity index (χ1) is 6.02. The van der Waals surface area contributed by atoms with E-state index in [1.165, 1.54) is 6.92 Å². The van der Waals surface area contributed by atoms with Crippen molar-refractivity contribution in [1.29, 1.82) is 0 Å². The van der Waals surface area contributed by atoms with E-state index in [2.05, 4.69) is 0 Å². The first-order valence-electron chi connectivity index (χ1n) is 4.30. The SMILES string of the molecule is CC(=O)C(C)(O)Cc1ccccc1. The van der Waals surface area contributed by atoms with Crippen molar-refractivity contribution in [3.8, 4) is 0 Å². The second kappa shape index (κ2) is 3.71. The molecule has 2 nitrogen and oxygen atoms in total. The standard InChI is InChI=1S/C11H14O2/c1-9(12)11(2,13)8-10-6-4-3-5-7-10/h3-7,13H,8H2,1-2H3. The van der Waals surface area contributed by atoms with Crippen LogP contribution in [0.5, 0.6) is 0 Å². The van der Waals surface area contributed by atoms with Gasteiger partial charge in [0.1, 0.15) is 5.60 Å². The molecule has 0 saturated heterocycles. The van der Waals surface area contributed by atoms with Gasteiger partial charge in [0.2, 0.25) is 0 Å². The first kappa shape index (κ1) is 9.93. The molecule has 0 aromatic heterocycles. The van der Waals surface area contributed by atoms with Crippen LogP contribution in [-0.4, -0.2) is 16.5 Å². The summed E-state index contributed by atoms with van der Waals surface area (Å²) in [6.45, 7) is 2.95. The van der Waals surface area contributed by atoms with Crippen LogP contribution >= 0.6 is 0 Å². The number of carbonyl (C=O) groups excluding carboxylic acids is 1. The zero-order valence-electron chi connectivity index (χ0n) is 7.95. The van der Waals surface area contributed by atoms with E-state index in [1.807, 2.05) is 30.3 Å². The molecule has 0 spiro atoms. The molecular formula is C11H14O2. The Morgan fingerprint density at radius 3 is 2.38 bits per heavy atom. The second-order valence-corrected chi connectivity index (χ2v) is 3.49. The number of hydrogen-bond donors (Lipinski definition) is 1. The Kier molecular flexibility index (Phi) is 2.83. The summed E-state index contributed by atoms with van der Waals surface area (Å²) in [5, 5.41) is 9.70. The summed E-state index contributed by atoms with van der Waals surface area (Å²) in [7, 11) is 0. The molecule has 70 valence electrons. The first-order valence-corrected chi connectivity index (χ1v) is 4.30. The van der Waals surface area contributed by atoms with E-state index in [0.29, 0.717) is 6.42 Å². The van der Waals surface area contributed by atoms with Gasteiger partial charge in [-0.15, -0.1) is 0 Å². The van der Waals surface area contributed by atoms with E-state index in [0.717, 1.165) is 5.56 Å². The number of aliphatic hydroxyl groups is 1. The fourth-order valence-electron chi connectivity index (χ4n) is 1.12. The molecule has 1 atom stereocenters. The predicted molar refractivity (Wildman–Crippen MR) is 51.5 cm³/mol. The Morgan fingerprint density at radius 2 is 1.92 bits per heavy atom. The van der Waals surface area contributed by atoms with Crippen LogP contribution < -0.4 is 0 Å². The van der Waals surface area contributed by atoms with Crippen LogP contribution in [0.25, 0.3) is 0 Å². The van der Waals surface area contributed by atoms with Gasteiger partial charge in [0.15, 0.2) is 5.78 Å². The smallest absolute Gasteiger partial charge is 0.161 e. The maximum absolute atomic E-state index is 11.0. The van der Waals surface area contributed by atoms with Gasteiger partial charge in [0.25, 0.3) is 0 Å². The zero-order valence-corrected chi connectivity index (χ0v) is 7.95. The lowest BCUT2D eigenvalue weighted by Crippen LogP contribution is -2.35. The molecule has 2 heteroatoms. The summed E-state index contributed by atoms with van der Waals surface area (Å²) in [5.74, 6) is -0.198. The normalized spacial score (nSPS) is 15.0. The molecule has 13 heavy (non-hydrogen) atoms. The van der Waals surface area contributed by atoms with Crippen LogP contribution in [0.2, 0.25) is 0 Å². The van der Waals surface area contributed by atoms with Crippen molar-refractivity contribution in [2.45, 2.75) is 25.9 Å². The minimum atomic E-state index is -1.23. The summed E-state index contributed by atoms with van der Waals surface area (Å²) in [5.41, 5.74) is -0.260. The van der Waals surface area contributed by atoms with Crippen LogP contribution in [0.1, 0.15) is 19.4 Å². The number of carbonyl (C=O) groups is 1. The van der Waals surface area contributed by atoms with Crippen molar-refractivity contribution >= 4 is 5.78 Å². The monoisotopic (exact) mass is 178 g/mol. The molecule has 1 rings (SSSR count). The van der Waals surface area contributed by atoms with E-state index < -0.39 is 5.60 Å². The van der Waals surface area contributed by atoms with Gasteiger partial charge in [-0.1, -0.05) is 30.3 Å². The number of benzene rings is 1. The quantitative estimate of drug-likeness (QED) is 0.762. The highest BCUT2D eigenvalue weighted by Crippen LogP contribution is 2.13. The third kappa shape index (κ3) is 2.67. The molecule has 0 bridgehead atoms. The van der Waals surface area contributed by atoms with Crippen LogP contribution in [0.4, 0.5) is 0 Å². The fourth-order valence-corrected chi connectivity index (χ4v) is 1.12. The van der Waals surface area contributed by atoms with Crippen molar-refractivity contribution in [2.75, 3.05) is 0 Å². The van der Waals surface area contributed by atoms with E-state index in [-0.39, 0.29) is 5.78 Å². The highest BCUT2D eigenvalue weighted by Gasteiger charge is 2.26. The molecule has 0 heterocycles. The molecule has 1 aromatic carbocycles. The van der Waals surface area contributed by atoms with Crippen molar-refractivity contribution in [1.82, 2.24) is 0 Å². The lowest BCUT2D eigenvalue weighted by atomic mass is 9.93. The van der Waals surface area contributed by atoms with Crippen molar-refractivity contribution in [3.63, 3.8) is 0 Å². The predicted octanol–water partition coefficient (Wildman–Crippen LogP) is 1.57. The Balaban J connectivity index is 2.75. The topological polar surface area (TPSA) is 37.3 Å². The largest absolute Gasteiger partial charge is 0.382 e. The molecule has 1 N–H and O–H groups in total. The molecule has 1 unspecified atom stereocenters. The lowest BCUT2D eigenvalue weighted by Gasteiger charge is -2.19. The molecule has 1 aromatic rings. The second-order valence-electron chi connectivity index (χ2n) is 3.49. The van der Waals surface area contributed by atoms with Gasteiger partial charge < -0.3 is 5.11 Å². The van der Waals surface area contributed by atoms with Gasteiger partial charge >= 0.3 is 0 Å². The summed E-state index contributed by atoms with van der Waals surface area (Å²) in [6, 6.07) is 9.50. The van der Waals surface area contributed by atoms with Crippen LogP contribution in [-0.2, 0) is 11.2 Å². The van der Waals surface area contributed by atoms with E-state index >= 15 is 0 Å². The van der Waals surface area contributed by atoms with E-state index in [4.69, 9.17) is 0 Å². The minimum Gasteiger partial charge on any atom is -0.382 e. The van der Waals surface area contributed by atoms with E-state index in [1.54, 1.807) is 6.92 Å². The highest BCUT2D eigenvalue weighted by atomic mass is 16.3. The third-order valence-corrected chi connectivity index (χ3v) is 2.15. The third-order valence-electron chi connectivity index (χ3n) is 2.15. The molecular weight excluding hydrogens is 164 g/mol. The molecule has 0 radical (unpaired) electrons. The van der Waals surface area contributed by atoms with Gasteiger partial charge in [0.05, 0.1) is 0 Å². The fraction of sp³-hybridized carbons (Fsp3) is 0.364. The average Bonchev–Trinajstić information content (AvgIpc) is 2.05. The molecule has 0 amide bonds. The maximum atomic E-state index is 11.0. The van der Waals surface area contributed by atoms with Crippen LogP contribution in [0.3, 0.4) is 0 Å². The average molecular weight is 178 g/mol. The van der Waals surface area contributed by atoms with Crippen molar-refractivity contribution in [2.24, 2.45) is 0 Å². The van der Waals surface area contributed by atoms with Gasteiger partial charge in [-0.3, -0.25) is 4.79 Å². The lowest BCUT2D eigenvalue weighted by molar-refractivity contribution is -0.133. The minimum absolute atomic E-state index is 0.198. The Bertz CT molecular complexity index is 288. The summed E-state index contributed by atoms with van der Waals surface area (Å²) in [4.78, 5) is 11.0. The van der Waals surface area contributed by atoms with Crippen molar-refractivity contribution < 1.29 is 9.90 Å². The molecule has 0 fully saturated rings. The number of ketones is 1. The molecule has 0 aliphatic heterocycles. The molecule has 0 saturated carbocycles. The van der Waals surface area contributed by atoms with E-state index in [9.17, 15) is 9.90 Å². The highest BCUT2D eigenvalue weighted by molar-refractivity contribution is 5.84. The Hall–Kier alpha value is -1.15. The van der Waals surface area contributed by atoms with Crippen LogP contribution in [0, 0.1) is 0 Å². The van der Waals surface area contributed by atoms with Crippen LogP contribution in [0.15, 0.2) is 30.3 Å². The summed E-state index contributed by atoms with van der Waals surface area (Å²) >= 11 is 0. The summed E-state index contributed by atoms with van der Waals surface area (Å²) in [6.07, 6.45) is 0.378. The van der Waals surface area contributed by atoms with Gasteiger partial charge in [-0.05, 0) is 19.4 Å². The number of rotatable bonds is 3. The van der Waals surface area contributed by atoms with Gasteiger partial charge in [-0.2, -0.15) is 0 Å². The Labute approximate surface area is 78.2 Å². The van der Waals surface area contributed by atoms with Gasteiger partial charge in [-0.25, -0.2) is 0 Å². The van der Waals surface area contributed by atoms with Gasteiger partial charge in [0, 0.05) is 6.42 Å². The Morgan fingerprint density at radius 1 is 1.38 bits per heavy atom. The molecule has 0 aliphatic rings. The number of hydrogen-bond acceptors (Lipinski definition) is 2. The maximum Gasteiger partial charge on any atom is 0.161 e. The summed E-state index contributed by atoms with van der Waals surface area (Å²) < 4.78 is 0. The molecule has 0 aliphatic carbocycles.